The molecule has 1 aliphatic carbocycles. The molecule has 1 rings (SSSR count). The highest BCUT2D eigenvalue weighted by atomic mass is 16.4. The van der Waals surface area contributed by atoms with Gasteiger partial charge >= 0.3 is 5.97 Å². The highest BCUT2D eigenvalue weighted by Gasteiger charge is 2.34. The van der Waals surface area contributed by atoms with Crippen LogP contribution in [-0.2, 0) is 4.79 Å². The molecule has 3 heteroatoms. The molecule has 0 aromatic heterocycles. The van der Waals surface area contributed by atoms with E-state index in [0.29, 0.717) is 12.1 Å². The molecule has 0 amide bonds. The fourth-order valence-electron chi connectivity index (χ4n) is 1.43. The molecule has 1 aliphatic rings. The number of carbonyl (C=O) groups is 1. The van der Waals surface area contributed by atoms with Crippen molar-refractivity contribution in [3.63, 3.8) is 0 Å². The second kappa shape index (κ2) is 3.22. The van der Waals surface area contributed by atoms with Gasteiger partial charge in [-0.15, -0.1) is 0 Å². The summed E-state index contributed by atoms with van der Waals surface area (Å²) in [7, 11) is 0. The van der Waals surface area contributed by atoms with Crippen LogP contribution in [0.3, 0.4) is 0 Å². The Balaban J connectivity index is 2.14. The zero-order chi connectivity index (χ0) is 8.43. The summed E-state index contributed by atoms with van der Waals surface area (Å²) in [4.78, 5) is 10.4. The van der Waals surface area contributed by atoms with Crippen molar-refractivity contribution in [3.05, 3.63) is 0 Å². The summed E-state index contributed by atoms with van der Waals surface area (Å²) in [5.74, 6) is -0.738. The fraction of sp³-hybridized carbons (Fsp3) is 0.875. The van der Waals surface area contributed by atoms with Crippen molar-refractivity contribution in [2.75, 3.05) is 0 Å². The Morgan fingerprint density at radius 3 is 2.45 bits per heavy atom. The first-order chi connectivity index (χ1) is 5.09. The maximum absolute atomic E-state index is 10.4. The number of aliphatic carboxylic acids is 1. The van der Waals surface area contributed by atoms with Crippen molar-refractivity contribution >= 4 is 5.97 Å². The zero-order valence-corrected chi connectivity index (χ0v) is 7.00. The smallest absolute Gasteiger partial charge is 0.306 e. The van der Waals surface area contributed by atoms with Gasteiger partial charge in [-0.05, 0) is 12.8 Å². The third-order valence-corrected chi connectivity index (χ3v) is 2.06. The van der Waals surface area contributed by atoms with Crippen LogP contribution >= 0.6 is 0 Å². The molecule has 64 valence electrons. The van der Waals surface area contributed by atoms with Gasteiger partial charge in [0.15, 0.2) is 0 Å². The van der Waals surface area contributed by atoms with Gasteiger partial charge in [-0.1, -0.05) is 13.8 Å². The summed E-state index contributed by atoms with van der Waals surface area (Å²) in [5.41, 5.74) is 0. The quantitative estimate of drug-likeness (QED) is 0.638. The molecule has 0 saturated heterocycles. The Labute approximate surface area is 66.8 Å². The van der Waals surface area contributed by atoms with Gasteiger partial charge in [-0.2, -0.15) is 0 Å². The molecule has 11 heavy (non-hydrogen) atoms. The Kier molecular flexibility index (Phi) is 2.49. The van der Waals surface area contributed by atoms with Crippen molar-refractivity contribution in [1.29, 1.82) is 0 Å². The highest BCUT2D eigenvalue weighted by molar-refractivity contribution is 5.71. The van der Waals surface area contributed by atoms with Crippen LogP contribution in [0.5, 0.6) is 0 Å². The standard InChI is InChI=1S/C8H15NO2/c1-5(2)9-7-3-6(4-7)8(10)11/h5-7,9H,3-4H2,1-2H3,(H,10,11). The summed E-state index contributed by atoms with van der Waals surface area (Å²) in [5, 5.41) is 11.9. The van der Waals surface area contributed by atoms with Crippen LogP contribution in [0.2, 0.25) is 0 Å². The van der Waals surface area contributed by atoms with E-state index >= 15 is 0 Å². The SMILES string of the molecule is CC(C)NC1CC(C(=O)O)C1. The second-order valence-corrected chi connectivity index (χ2v) is 3.52. The van der Waals surface area contributed by atoms with E-state index in [1.165, 1.54) is 0 Å². The van der Waals surface area contributed by atoms with Gasteiger partial charge in [0.1, 0.15) is 0 Å². The molecule has 0 atom stereocenters. The van der Waals surface area contributed by atoms with Crippen LogP contribution in [0.15, 0.2) is 0 Å². The summed E-state index contributed by atoms with van der Waals surface area (Å²) in [6.45, 7) is 4.15. The van der Waals surface area contributed by atoms with Crippen molar-refractivity contribution in [1.82, 2.24) is 5.32 Å². The van der Waals surface area contributed by atoms with Gasteiger partial charge in [0.2, 0.25) is 0 Å². The molecular formula is C8H15NO2. The van der Waals surface area contributed by atoms with E-state index in [1.54, 1.807) is 0 Å². The minimum Gasteiger partial charge on any atom is -0.481 e. The van der Waals surface area contributed by atoms with Crippen LogP contribution in [0.25, 0.3) is 0 Å². The lowest BCUT2D eigenvalue weighted by Gasteiger charge is -2.34. The van der Waals surface area contributed by atoms with Crippen LogP contribution in [0.4, 0.5) is 0 Å². The Morgan fingerprint density at radius 2 is 2.09 bits per heavy atom. The van der Waals surface area contributed by atoms with Gasteiger partial charge in [0.25, 0.3) is 0 Å². The largest absolute Gasteiger partial charge is 0.481 e. The predicted octanol–water partition coefficient (Wildman–Crippen LogP) is 0.848. The summed E-state index contributed by atoms with van der Waals surface area (Å²) in [6.07, 6.45) is 1.60. The number of carboxylic acid groups (broad SMARTS) is 1. The molecule has 2 N–H and O–H groups in total. The third-order valence-electron chi connectivity index (χ3n) is 2.06. The molecule has 1 fully saturated rings. The first-order valence-corrected chi connectivity index (χ1v) is 4.08. The molecule has 3 nitrogen and oxygen atoms in total. The van der Waals surface area contributed by atoms with Gasteiger partial charge in [-0.3, -0.25) is 4.79 Å². The van der Waals surface area contributed by atoms with Gasteiger partial charge in [0.05, 0.1) is 5.92 Å². The lowest BCUT2D eigenvalue weighted by Crippen LogP contribution is -2.46. The van der Waals surface area contributed by atoms with E-state index in [-0.39, 0.29) is 5.92 Å². The fourth-order valence-corrected chi connectivity index (χ4v) is 1.43. The highest BCUT2D eigenvalue weighted by Crippen LogP contribution is 2.27. The molecule has 0 aliphatic heterocycles. The van der Waals surface area contributed by atoms with Crippen molar-refractivity contribution in [2.45, 2.75) is 38.8 Å². The third kappa shape index (κ3) is 2.19. The van der Waals surface area contributed by atoms with E-state index in [4.69, 9.17) is 5.11 Å². The molecular weight excluding hydrogens is 142 g/mol. The summed E-state index contributed by atoms with van der Waals surface area (Å²) in [6, 6.07) is 0.908. The van der Waals surface area contributed by atoms with E-state index in [2.05, 4.69) is 19.2 Å². The first-order valence-electron chi connectivity index (χ1n) is 4.08. The maximum Gasteiger partial charge on any atom is 0.306 e. The Morgan fingerprint density at radius 1 is 1.55 bits per heavy atom. The monoisotopic (exact) mass is 157 g/mol. The van der Waals surface area contributed by atoms with E-state index in [1.807, 2.05) is 0 Å². The Bertz CT molecular complexity index is 150. The van der Waals surface area contributed by atoms with E-state index in [9.17, 15) is 4.79 Å². The minimum atomic E-state index is -0.646. The van der Waals surface area contributed by atoms with Gasteiger partial charge in [0, 0.05) is 12.1 Å². The van der Waals surface area contributed by atoms with Crippen molar-refractivity contribution in [2.24, 2.45) is 5.92 Å². The maximum atomic E-state index is 10.4. The van der Waals surface area contributed by atoms with Crippen LogP contribution in [0.1, 0.15) is 26.7 Å². The predicted molar refractivity (Wildman–Crippen MR) is 42.4 cm³/mol. The molecule has 0 bridgehead atoms. The summed E-state index contributed by atoms with van der Waals surface area (Å²) < 4.78 is 0. The molecule has 0 aromatic carbocycles. The average Bonchev–Trinajstić information content (AvgIpc) is 1.75. The average molecular weight is 157 g/mol. The van der Waals surface area contributed by atoms with E-state index < -0.39 is 5.97 Å². The first kappa shape index (κ1) is 8.53. The number of hydrogen-bond donors (Lipinski definition) is 2. The number of carboxylic acids is 1. The molecule has 0 heterocycles. The molecule has 0 radical (unpaired) electrons. The van der Waals surface area contributed by atoms with Crippen molar-refractivity contribution < 1.29 is 9.90 Å². The summed E-state index contributed by atoms with van der Waals surface area (Å²) >= 11 is 0. The topological polar surface area (TPSA) is 49.3 Å². The molecule has 0 spiro atoms. The van der Waals surface area contributed by atoms with Gasteiger partial charge < -0.3 is 10.4 Å². The van der Waals surface area contributed by atoms with Crippen molar-refractivity contribution in [3.8, 4) is 0 Å². The molecule has 0 aromatic rings. The molecule has 0 unspecified atom stereocenters. The van der Waals surface area contributed by atoms with Gasteiger partial charge in [-0.25, -0.2) is 0 Å². The number of nitrogens with one attached hydrogen (secondary N) is 1. The lowest BCUT2D eigenvalue weighted by atomic mass is 9.80. The lowest BCUT2D eigenvalue weighted by molar-refractivity contribution is -0.145. The Hall–Kier alpha value is -0.570. The van der Waals surface area contributed by atoms with Crippen LogP contribution < -0.4 is 5.32 Å². The second-order valence-electron chi connectivity index (χ2n) is 3.52. The molecule has 1 saturated carbocycles. The van der Waals surface area contributed by atoms with Crippen LogP contribution in [0, 0.1) is 5.92 Å². The number of hydrogen-bond acceptors (Lipinski definition) is 2. The van der Waals surface area contributed by atoms with E-state index in [0.717, 1.165) is 12.8 Å². The van der Waals surface area contributed by atoms with Crippen LogP contribution in [-0.4, -0.2) is 23.2 Å². The normalized spacial score (nSPS) is 30.1. The zero-order valence-electron chi connectivity index (χ0n) is 7.00. The number of rotatable bonds is 3. The minimum absolute atomic E-state index is 0.0914.